The van der Waals surface area contributed by atoms with Crippen LogP contribution in [0.15, 0.2) is 24.4 Å². The van der Waals surface area contributed by atoms with Crippen molar-refractivity contribution in [2.45, 2.75) is 52.2 Å². The molecule has 6 heteroatoms. The summed E-state index contributed by atoms with van der Waals surface area (Å²) < 4.78 is 2.15. The van der Waals surface area contributed by atoms with Gasteiger partial charge in [-0.25, -0.2) is 9.97 Å². The molecule has 0 amide bonds. The van der Waals surface area contributed by atoms with E-state index in [0.717, 1.165) is 42.3 Å². The minimum atomic E-state index is 0.512. The van der Waals surface area contributed by atoms with E-state index >= 15 is 0 Å². The first kappa shape index (κ1) is 15.3. The van der Waals surface area contributed by atoms with Crippen LogP contribution in [0.5, 0.6) is 0 Å². The van der Waals surface area contributed by atoms with Crippen molar-refractivity contribution in [1.82, 2.24) is 29.6 Å². The van der Waals surface area contributed by atoms with E-state index in [4.69, 9.17) is 0 Å². The molecule has 0 saturated carbocycles. The standard InChI is InChI=1S/C18H24N6/c1-13-10-14(2)24(22-13)11-15-6-3-4-9-23(15)12-17-20-16-7-5-8-19-18(16)21-17/h5,7-8,10,15H,3-4,6,9,11-12H2,1-2H3,(H,19,20,21)/t15-/m1/s1. The highest BCUT2D eigenvalue weighted by atomic mass is 15.3. The van der Waals surface area contributed by atoms with Crippen molar-refractivity contribution in [2.24, 2.45) is 0 Å². The van der Waals surface area contributed by atoms with Crippen molar-refractivity contribution in [1.29, 1.82) is 0 Å². The summed E-state index contributed by atoms with van der Waals surface area (Å²) >= 11 is 0. The molecular formula is C18H24N6. The molecule has 1 aliphatic heterocycles. The van der Waals surface area contributed by atoms with E-state index in [1.807, 2.05) is 12.1 Å². The molecule has 0 aliphatic carbocycles. The molecular weight excluding hydrogens is 300 g/mol. The van der Waals surface area contributed by atoms with Crippen molar-refractivity contribution >= 4 is 11.2 Å². The molecule has 1 fully saturated rings. The summed E-state index contributed by atoms with van der Waals surface area (Å²) in [5.41, 5.74) is 4.16. The van der Waals surface area contributed by atoms with Crippen LogP contribution < -0.4 is 0 Å². The van der Waals surface area contributed by atoms with E-state index in [2.05, 4.69) is 49.5 Å². The zero-order chi connectivity index (χ0) is 16.5. The summed E-state index contributed by atoms with van der Waals surface area (Å²) in [6, 6.07) is 6.63. The Morgan fingerprint density at radius 1 is 1.29 bits per heavy atom. The number of hydrogen-bond donors (Lipinski definition) is 1. The molecule has 0 unspecified atom stereocenters. The van der Waals surface area contributed by atoms with Gasteiger partial charge in [0.15, 0.2) is 5.65 Å². The minimum absolute atomic E-state index is 0.512. The first-order valence-corrected chi connectivity index (χ1v) is 8.74. The molecule has 3 aromatic heterocycles. The lowest BCUT2D eigenvalue weighted by atomic mass is 10.0. The van der Waals surface area contributed by atoms with Gasteiger partial charge in [0.2, 0.25) is 0 Å². The first-order chi connectivity index (χ1) is 11.7. The van der Waals surface area contributed by atoms with Gasteiger partial charge in [-0.15, -0.1) is 0 Å². The van der Waals surface area contributed by atoms with E-state index in [1.54, 1.807) is 6.20 Å². The Morgan fingerprint density at radius 2 is 2.21 bits per heavy atom. The summed E-state index contributed by atoms with van der Waals surface area (Å²) in [7, 11) is 0. The number of piperidine rings is 1. The lowest BCUT2D eigenvalue weighted by Crippen LogP contribution is -2.42. The van der Waals surface area contributed by atoms with Gasteiger partial charge in [-0.1, -0.05) is 6.42 Å². The van der Waals surface area contributed by atoms with Crippen molar-refractivity contribution in [3.63, 3.8) is 0 Å². The van der Waals surface area contributed by atoms with E-state index in [1.165, 1.54) is 25.0 Å². The highest BCUT2D eigenvalue weighted by Gasteiger charge is 2.24. The van der Waals surface area contributed by atoms with Gasteiger partial charge in [-0.05, 0) is 51.4 Å². The second-order valence-corrected chi connectivity index (χ2v) is 6.79. The average Bonchev–Trinajstić information content (AvgIpc) is 3.11. The molecule has 6 nitrogen and oxygen atoms in total. The normalized spacial score (nSPS) is 19.2. The Kier molecular flexibility index (Phi) is 4.06. The largest absolute Gasteiger partial charge is 0.340 e. The molecule has 0 spiro atoms. The van der Waals surface area contributed by atoms with Gasteiger partial charge < -0.3 is 4.98 Å². The van der Waals surface area contributed by atoms with Gasteiger partial charge in [0.05, 0.1) is 24.3 Å². The van der Waals surface area contributed by atoms with Gasteiger partial charge in [-0.3, -0.25) is 9.58 Å². The van der Waals surface area contributed by atoms with Gasteiger partial charge in [0.1, 0.15) is 5.82 Å². The predicted molar refractivity (Wildman–Crippen MR) is 93.6 cm³/mol. The number of fused-ring (bicyclic) bond motifs is 1. The molecule has 4 rings (SSSR count). The zero-order valence-corrected chi connectivity index (χ0v) is 14.4. The Labute approximate surface area is 141 Å². The quantitative estimate of drug-likeness (QED) is 0.801. The second kappa shape index (κ2) is 6.36. The summed E-state index contributed by atoms with van der Waals surface area (Å²) in [5, 5.41) is 4.64. The molecule has 0 radical (unpaired) electrons. The number of hydrogen-bond acceptors (Lipinski definition) is 4. The monoisotopic (exact) mass is 324 g/mol. The molecule has 1 atom stereocenters. The molecule has 1 aliphatic rings. The molecule has 0 bridgehead atoms. The number of rotatable bonds is 4. The van der Waals surface area contributed by atoms with Crippen molar-refractivity contribution in [3.05, 3.63) is 41.6 Å². The minimum Gasteiger partial charge on any atom is -0.340 e. The van der Waals surface area contributed by atoms with Crippen LogP contribution in [0, 0.1) is 13.8 Å². The maximum absolute atomic E-state index is 4.64. The number of pyridine rings is 1. The van der Waals surface area contributed by atoms with E-state index in [0.29, 0.717) is 6.04 Å². The fraction of sp³-hybridized carbons (Fsp3) is 0.500. The van der Waals surface area contributed by atoms with E-state index < -0.39 is 0 Å². The Morgan fingerprint density at radius 3 is 3.00 bits per heavy atom. The third kappa shape index (κ3) is 3.06. The number of H-pyrrole nitrogens is 1. The van der Waals surface area contributed by atoms with Gasteiger partial charge in [0, 0.05) is 17.9 Å². The van der Waals surface area contributed by atoms with Crippen LogP contribution in [0.2, 0.25) is 0 Å². The predicted octanol–water partition coefficient (Wildman–Crippen LogP) is 2.83. The third-order valence-electron chi connectivity index (χ3n) is 4.90. The Hall–Kier alpha value is -2.21. The highest BCUT2D eigenvalue weighted by molar-refractivity contribution is 5.69. The van der Waals surface area contributed by atoms with Gasteiger partial charge in [-0.2, -0.15) is 5.10 Å². The van der Waals surface area contributed by atoms with Crippen LogP contribution in [-0.2, 0) is 13.1 Å². The molecule has 1 N–H and O–H groups in total. The number of aromatic amines is 1. The number of aromatic nitrogens is 5. The maximum Gasteiger partial charge on any atom is 0.177 e. The molecule has 0 aromatic carbocycles. The Bertz CT molecular complexity index is 800. The van der Waals surface area contributed by atoms with Crippen molar-refractivity contribution in [3.8, 4) is 0 Å². The van der Waals surface area contributed by atoms with Crippen molar-refractivity contribution < 1.29 is 0 Å². The Balaban J connectivity index is 1.52. The third-order valence-corrected chi connectivity index (χ3v) is 4.90. The summed E-state index contributed by atoms with van der Waals surface area (Å²) in [5.74, 6) is 1.00. The lowest BCUT2D eigenvalue weighted by molar-refractivity contribution is 0.118. The molecule has 24 heavy (non-hydrogen) atoms. The number of imidazole rings is 1. The summed E-state index contributed by atoms with van der Waals surface area (Å²) in [6.45, 7) is 7.12. The number of nitrogens with zero attached hydrogens (tertiary/aromatic N) is 5. The van der Waals surface area contributed by atoms with E-state index in [9.17, 15) is 0 Å². The van der Waals surface area contributed by atoms with Crippen LogP contribution in [0.25, 0.3) is 11.2 Å². The topological polar surface area (TPSA) is 62.6 Å². The first-order valence-electron chi connectivity index (χ1n) is 8.74. The molecule has 4 heterocycles. The van der Waals surface area contributed by atoms with Crippen molar-refractivity contribution in [2.75, 3.05) is 6.54 Å². The molecule has 3 aromatic rings. The van der Waals surface area contributed by atoms with Crippen LogP contribution in [0.4, 0.5) is 0 Å². The summed E-state index contributed by atoms with van der Waals surface area (Å²) in [4.78, 5) is 14.9. The zero-order valence-electron chi connectivity index (χ0n) is 14.4. The number of likely N-dealkylation sites (tertiary alicyclic amines) is 1. The van der Waals surface area contributed by atoms with Crippen LogP contribution in [0.1, 0.15) is 36.5 Å². The number of nitrogens with one attached hydrogen (secondary N) is 1. The average molecular weight is 324 g/mol. The highest BCUT2D eigenvalue weighted by Crippen LogP contribution is 2.21. The smallest absolute Gasteiger partial charge is 0.177 e. The van der Waals surface area contributed by atoms with Crippen LogP contribution in [0.3, 0.4) is 0 Å². The molecule has 1 saturated heterocycles. The SMILES string of the molecule is Cc1cc(C)n(C[C@H]2CCCCN2Cc2nc3ncccc3[nH]2)n1. The fourth-order valence-corrected chi connectivity index (χ4v) is 3.70. The lowest BCUT2D eigenvalue weighted by Gasteiger charge is -2.35. The van der Waals surface area contributed by atoms with Gasteiger partial charge >= 0.3 is 0 Å². The summed E-state index contributed by atoms with van der Waals surface area (Å²) in [6.07, 6.45) is 5.56. The van der Waals surface area contributed by atoms with Crippen LogP contribution in [-0.4, -0.2) is 42.2 Å². The second-order valence-electron chi connectivity index (χ2n) is 6.79. The number of aryl methyl sites for hydroxylation is 2. The fourth-order valence-electron chi connectivity index (χ4n) is 3.70. The molecule has 126 valence electrons. The van der Waals surface area contributed by atoms with Crippen LogP contribution >= 0.6 is 0 Å². The maximum atomic E-state index is 4.64. The van der Waals surface area contributed by atoms with E-state index in [-0.39, 0.29) is 0 Å². The van der Waals surface area contributed by atoms with Gasteiger partial charge in [0.25, 0.3) is 0 Å².